The third-order valence-electron chi connectivity index (χ3n) is 1.75. The van der Waals surface area contributed by atoms with E-state index in [4.69, 9.17) is 11.5 Å². The van der Waals surface area contributed by atoms with Crippen molar-refractivity contribution in [3.05, 3.63) is 28.2 Å². The van der Waals surface area contributed by atoms with Crippen molar-refractivity contribution in [3.8, 4) is 0 Å². The normalized spacial score (nSPS) is 11.6. The van der Waals surface area contributed by atoms with Crippen LogP contribution >= 0.6 is 15.9 Å². The second-order valence-electron chi connectivity index (χ2n) is 3.22. The van der Waals surface area contributed by atoms with Crippen molar-refractivity contribution in [2.45, 2.75) is 4.90 Å². The molecule has 0 atom stereocenters. The minimum absolute atomic E-state index is 0.154. The Balaban J connectivity index is 3.26. The SMILES string of the molecule is CS(=O)(=O)c1cc(Br)ccc1C=NN=C(N)N. The highest BCUT2D eigenvalue weighted by Gasteiger charge is 2.12. The van der Waals surface area contributed by atoms with Gasteiger partial charge in [0.15, 0.2) is 9.84 Å². The third-order valence-corrected chi connectivity index (χ3v) is 3.39. The number of nitrogens with zero attached hydrogens (tertiary/aromatic N) is 2. The molecule has 4 N–H and O–H groups in total. The first-order valence-corrected chi connectivity index (χ1v) is 7.10. The fraction of sp³-hybridized carbons (Fsp3) is 0.111. The van der Waals surface area contributed by atoms with Crippen LogP contribution in [0.4, 0.5) is 0 Å². The van der Waals surface area contributed by atoms with E-state index in [9.17, 15) is 8.42 Å². The summed E-state index contributed by atoms with van der Waals surface area (Å²) in [6, 6.07) is 4.80. The molecule has 6 nitrogen and oxygen atoms in total. The fourth-order valence-corrected chi connectivity index (χ4v) is 2.50. The minimum atomic E-state index is -3.34. The second kappa shape index (κ2) is 5.28. The van der Waals surface area contributed by atoms with Crippen LogP contribution in [0, 0.1) is 0 Å². The Morgan fingerprint density at radius 3 is 2.59 bits per heavy atom. The minimum Gasteiger partial charge on any atom is -0.369 e. The van der Waals surface area contributed by atoms with Crippen LogP contribution in [0.25, 0.3) is 0 Å². The molecule has 0 unspecified atom stereocenters. The quantitative estimate of drug-likeness (QED) is 0.479. The first kappa shape index (κ1) is 13.7. The van der Waals surface area contributed by atoms with Gasteiger partial charge in [-0.3, -0.25) is 0 Å². The zero-order valence-electron chi connectivity index (χ0n) is 8.96. The molecule has 0 aromatic heterocycles. The van der Waals surface area contributed by atoms with Gasteiger partial charge in [0, 0.05) is 16.3 Å². The standard InChI is InChI=1S/C9H11BrN4O2S/c1-17(15,16)8-4-7(10)3-2-6(8)5-13-14-9(11)12/h2-5H,1H3,(H4,11,12,14). The lowest BCUT2D eigenvalue weighted by atomic mass is 10.2. The number of guanidine groups is 1. The number of hydrogen-bond donors (Lipinski definition) is 2. The van der Waals surface area contributed by atoms with E-state index in [1.807, 2.05) is 0 Å². The summed E-state index contributed by atoms with van der Waals surface area (Å²) in [4.78, 5) is 0.154. The van der Waals surface area contributed by atoms with Gasteiger partial charge in [-0.05, 0) is 12.1 Å². The summed E-state index contributed by atoms with van der Waals surface area (Å²) >= 11 is 3.20. The number of sulfone groups is 1. The van der Waals surface area contributed by atoms with Gasteiger partial charge in [0.05, 0.1) is 11.1 Å². The molecule has 0 saturated heterocycles. The molecule has 0 aliphatic carbocycles. The Morgan fingerprint density at radius 2 is 2.06 bits per heavy atom. The average molecular weight is 319 g/mol. The molecule has 0 bridgehead atoms. The number of rotatable bonds is 3. The van der Waals surface area contributed by atoms with Crippen molar-refractivity contribution in [1.29, 1.82) is 0 Å². The zero-order chi connectivity index (χ0) is 13.1. The van der Waals surface area contributed by atoms with Gasteiger partial charge in [0.25, 0.3) is 0 Å². The second-order valence-corrected chi connectivity index (χ2v) is 6.12. The molecule has 1 aromatic rings. The van der Waals surface area contributed by atoms with Crippen molar-refractivity contribution < 1.29 is 8.42 Å². The maximum atomic E-state index is 11.5. The van der Waals surface area contributed by atoms with Gasteiger partial charge >= 0.3 is 0 Å². The van der Waals surface area contributed by atoms with Crippen LogP contribution in [-0.2, 0) is 9.84 Å². The third kappa shape index (κ3) is 4.16. The summed E-state index contributed by atoms with van der Waals surface area (Å²) < 4.78 is 23.7. The van der Waals surface area contributed by atoms with Crippen molar-refractivity contribution in [1.82, 2.24) is 0 Å². The Morgan fingerprint density at radius 1 is 1.41 bits per heavy atom. The monoisotopic (exact) mass is 318 g/mol. The highest BCUT2D eigenvalue weighted by atomic mass is 79.9. The molecule has 0 spiro atoms. The molecule has 0 heterocycles. The summed E-state index contributed by atoms with van der Waals surface area (Å²) in [6.07, 6.45) is 2.40. The molecule has 0 radical (unpaired) electrons. The summed E-state index contributed by atoms with van der Waals surface area (Å²) in [5.41, 5.74) is 10.6. The average Bonchev–Trinajstić information content (AvgIpc) is 2.18. The van der Waals surface area contributed by atoms with E-state index < -0.39 is 9.84 Å². The number of nitrogens with two attached hydrogens (primary N) is 2. The Bertz CT molecular complexity index is 577. The van der Waals surface area contributed by atoms with Crippen LogP contribution < -0.4 is 11.5 Å². The highest BCUT2D eigenvalue weighted by molar-refractivity contribution is 9.10. The molecular weight excluding hydrogens is 308 g/mol. The van der Waals surface area contributed by atoms with E-state index in [-0.39, 0.29) is 10.9 Å². The van der Waals surface area contributed by atoms with E-state index in [2.05, 4.69) is 26.1 Å². The lowest BCUT2D eigenvalue weighted by Crippen LogP contribution is -2.21. The maximum Gasteiger partial charge on any atom is 0.211 e. The Kier molecular flexibility index (Phi) is 4.24. The molecule has 0 aliphatic rings. The van der Waals surface area contributed by atoms with E-state index in [1.54, 1.807) is 12.1 Å². The molecule has 0 saturated carbocycles. The van der Waals surface area contributed by atoms with E-state index >= 15 is 0 Å². The molecule has 0 amide bonds. The molecule has 0 aliphatic heterocycles. The highest BCUT2D eigenvalue weighted by Crippen LogP contribution is 2.20. The summed E-state index contributed by atoms with van der Waals surface area (Å²) in [5, 5.41) is 6.98. The number of halogens is 1. The summed E-state index contributed by atoms with van der Waals surface area (Å²) in [5.74, 6) is -0.195. The maximum absolute atomic E-state index is 11.5. The van der Waals surface area contributed by atoms with Gasteiger partial charge < -0.3 is 11.5 Å². The fourth-order valence-electron chi connectivity index (χ4n) is 1.09. The van der Waals surface area contributed by atoms with Crippen molar-refractivity contribution in [2.24, 2.45) is 21.7 Å². The zero-order valence-corrected chi connectivity index (χ0v) is 11.4. The predicted molar refractivity (Wildman–Crippen MR) is 70.7 cm³/mol. The van der Waals surface area contributed by atoms with Crippen molar-refractivity contribution in [2.75, 3.05) is 6.26 Å². The van der Waals surface area contributed by atoms with E-state index in [1.165, 1.54) is 12.3 Å². The topological polar surface area (TPSA) is 111 Å². The molecule has 8 heteroatoms. The molecule has 1 aromatic carbocycles. The van der Waals surface area contributed by atoms with Crippen LogP contribution in [0.2, 0.25) is 0 Å². The van der Waals surface area contributed by atoms with Gasteiger partial charge in [-0.1, -0.05) is 22.0 Å². The van der Waals surface area contributed by atoms with Gasteiger partial charge in [0.2, 0.25) is 5.96 Å². The van der Waals surface area contributed by atoms with Gasteiger partial charge in [0.1, 0.15) is 0 Å². The first-order chi connectivity index (χ1) is 7.80. The van der Waals surface area contributed by atoms with Crippen molar-refractivity contribution >= 4 is 37.9 Å². The van der Waals surface area contributed by atoms with Crippen LogP contribution in [0.1, 0.15) is 5.56 Å². The lowest BCUT2D eigenvalue weighted by Gasteiger charge is -2.03. The largest absolute Gasteiger partial charge is 0.369 e. The van der Waals surface area contributed by atoms with Crippen LogP contribution in [0.15, 0.2) is 37.8 Å². The Labute approximate surface area is 107 Å². The number of hydrogen-bond acceptors (Lipinski definition) is 4. The summed E-state index contributed by atoms with van der Waals surface area (Å²) in [7, 11) is -3.34. The first-order valence-electron chi connectivity index (χ1n) is 4.42. The Hall–Kier alpha value is -1.41. The smallest absolute Gasteiger partial charge is 0.211 e. The van der Waals surface area contributed by atoms with Crippen LogP contribution in [0.5, 0.6) is 0 Å². The predicted octanol–water partition coefficient (Wildman–Crippen LogP) is 0.460. The van der Waals surface area contributed by atoms with Crippen molar-refractivity contribution in [3.63, 3.8) is 0 Å². The molecule has 0 fully saturated rings. The van der Waals surface area contributed by atoms with Gasteiger partial charge in [-0.25, -0.2) is 8.42 Å². The molecule has 92 valence electrons. The summed E-state index contributed by atoms with van der Waals surface area (Å²) in [6.45, 7) is 0. The van der Waals surface area contributed by atoms with E-state index in [0.29, 0.717) is 10.0 Å². The molecule has 17 heavy (non-hydrogen) atoms. The van der Waals surface area contributed by atoms with Crippen LogP contribution in [-0.4, -0.2) is 26.8 Å². The number of benzene rings is 1. The van der Waals surface area contributed by atoms with Crippen LogP contribution in [0.3, 0.4) is 0 Å². The van der Waals surface area contributed by atoms with Gasteiger partial charge in [-0.15, -0.1) is 5.10 Å². The lowest BCUT2D eigenvalue weighted by molar-refractivity contribution is 0.601. The molecular formula is C9H11BrN4O2S. The van der Waals surface area contributed by atoms with Gasteiger partial charge in [-0.2, -0.15) is 5.10 Å². The van der Waals surface area contributed by atoms with E-state index in [0.717, 1.165) is 6.26 Å². The molecule has 1 rings (SSSR count).